The van der Waals surface area contributed by atoms with Gasteiger partial charge in [0.05, 0.1) is 5.56 Å². The molecule has 114 valence electrons. The number of nitrogens with one attached hydrogen (secondary N) is 2. The number of carboxylic acid groups (broad SMARTS) is 1. The third-order valence-corrected chi connectivity index (χ3v) is 3.74. The summed E-state index contributed by atoms with van der Waals surface area (Å²) in [4.78, 5) is 23.1. The summed E-state index contributed by atoms with van der Waals surface area (Å²) >= 11 is 0. The summed E-state index contributed by atoms with van der Waals surface area (Å²) in [5, 5.41) is 14.7. The maximum atomic E-state index is 12.1. The van der Waals surface area contributed by atoms with Crippen LogP contribution in [0.25, 0.3) is 0 Å². The van der Waals surface area contributed by atoms with E-state index in [1.807, 2.05) is 13.8 Å². The predicted octanol–water partition coefficient (Wildman–Crippen LogP) is 2.38. The summed E-state index contributed by atoms with van der Waals surface area (Å²) in [6, 6.07) is 4.32. The molecule has 0 spiro atoms. The lowest BCUT2D eigenvalue weighted by Gasteiger charge is -2.34. The van der Waals surface area contributed by atoms with Crippen molar-refractivity contribution in [3.05, 3.63) is 29.3 Å². The van der Waals surface area contributed by atoms with Gasteiger partial charge >= 0.3 is 12.0 Å². The number of carbonyl (C=O) groups excluding carboxylic acids is 1. The van der Waals surface area contributed by atoms with Gasteiger partial charge in [-0.2, -0.15) is 0 Å². The van der Waals surface area contributed by atoms with Gasteiger partial charge in [0.15, 0.2) is 0 Å². The maximum absolute atomic E-state index is 12.1. The highest BCUT2D eigenvalue weighted by Gasteiger charge is 2.29. The molecule has 6 nitrogen and oxygen atoms in total. The van der Waals surface area contributed by atoms with Crippen LogP contribution < -0.4 is 10.6 Å². The van der Waals surface area contributed by atoms with Gasteiger partial charge in [0, 0.05) is 24.4 Å². The number of hydrogen-bond acceptors (Lipinski definition) is 3. The normalized spacial score (nSPS) is 17.0. The summed E-state index contributed by atoms with van der Waals surface area (Å²) in [5.74, 6) is -1.02. The minimum Gasteiger partial charge on any atom is -0.478 e. The van der Waals surface area contributed by atoms with E-state index in [0.29, 0.717) is 18.9 Å². The van der Waals surface area contributed by atoms with Gasteiger partial charge in [-0.3, -0.25) is 0 Å². The van der Waals surface area contributed by atoms with Crippen molar-refractivity contribution < 1.29 is 19.4 Å². The fourth-order valence-corrected chi connectivity index (χ4v) is 2.26. The predicted molar refractivity (Wildman–Crippen MR) is 78.8 cm³/mol. The molecule has 0 bridgehead atoms. The first-order chi connectivity index (χ1) is 9.89. The Hall–Kier alpha value is -2.08. The SMILES string of the molecule is Cc1ccc(C(=O)O)cc1NC(=O)NC1(C)CCOCC1. The third kappa shape index (κ3) is 3.95. The first kappa shape index (κ1) is 15.3. The van der Waals surface area contributed by atoms with E-state index in [-0.39, 0.29) is 17.1 Å². The summed E-state index contributed by atoms with van der Waals surface area (Å²) in [7, 11) is 0. The van der Waals surface area contributed by atoms with E-state index in [1.165, 1.54) is 12.1 Å². The molecule has 2 rings (SSSR count). The molecule has 1 aliphatic rings. The molecule has 0 saturated carbocycles. The van der Waals surface area contributed by atoms with Crippen molar-refractivity contribution in [2.24, 2.45) is 0 Å². The van der Waals surface area contributed by atoms with E-state index in [9.17, 15) is 9.59 Å². The second kappa shape index (κ2) is 6.13. The molecule has 0 atom stereocenters. The Morgan fingerprint density at radius 1 is 1.29 bits per heavy atom. The monoisotopic (exact) mass is 292 g/mol. The molecule has 0 aromatic heterocycles. The molecule has 2 amide bonds. The van der Waals surface area contributed by atoms with Gasteiger partial charge in [-0.25, -0.2) is 9.59 Å². The van der Waals surface area contributed by atoms with Crippen molar-refractivity contribution in [1.29, 1.82) is 0 Å². The van der Waals surface area contributed by atoms with Crippen LogP contribution in [0.4, 0.5) is 10.5 Å². The molecule has 0 unspecified atom stereocenters. The number of hydrogen-bond donors (Lipinski definition) is 3. The van der Waals surface area contributed by atoms with Crippen molar-refractivity contribution in [3.8, 4) is 0 Å². The molecule has 0 aliphatic carbocycles. The molecule has 1 aliphatic heterocycles. The Kier molecular flexibility index (Phi) is 4.47. The van der Waals surface area contributed by atoms with Crippen LogP contribution in [0.3, 0.4) is 0 Å². The maximum Gasteiger partial charge on any atom is 0.335 e. The first-order valence-electron chi connectivity index (χ1n) is 6.90. The first-order valence-corrected chi connectivity index (χ1v) is 6.90. The lowest BCUT2D eigenvalue weighted by Crippen LogP contribution is -2.51. The van der Waals surface area contributed by atoms with Crippen LogP contribution in [0.5, 0.6) is 0 Å². The Labute approximate surface area is 123 Å². The number of carboxylic acids is 1. The fraction of sp³-hybridized carbons (Fsp3) is 0.467. The average molecular weight is 292 g/mol. The lowest BCUT2D eigenvalue weighted by molar-refractivity contribution is 0.0499. The molecule has 3 N–H and O–H groups in total. The van der Waals surface area contributed by atoms with Crippen LogP contribution in [-0.2, 0) is 4.74 Å². The molecule has 1 heterocycles. The lowest BCUT2D eigenvalue weighted by atomic mass is 9.93. The van der Waals surface area contributed by atoms with Gasteiger partial charge in [0.25, 0.3) is 0 Å². The second-order valence-corrected chi connectivity index (χ2v) is 5.59. The van der Waals surface area contributed by atoms with Crippen molar-refractivity contribution in [2.75, 3.05) is 18.5 Å². The van der Waals surface area contributed by atoms with Crippen molar-refractivity contribution in [3.63, 3.8) is 0 Å². The zero-order valence-electron chi connectivity index (χ0n) is 12.2. The molecule has 1 aromatic carbocycles. The number of amides is 2. The number of carbonyl (C=O) groups is 2. The van der Waals surface area contributed by atoms with E-state index in [2.05, 4.69) is 10.6 Å². The standard InChI is InChI=1S/C15H20N2O4/c1-10-3-4-11(13(18)19)9-12(10)16-14(20)17-15(2)5-7-21-8-6-15/h3-4,9H,5-8H2,1-2H3,(H,18,19)(H2,16,17,20). The van der Waals surface area contributed by atoms with E-state index in [1.54, 1.807) is 6.07 Å². The topological polar surface area (TPSA) is 87.7 Å². The highest BCUT2D eigenvalue weighted by atomic mass is 16.5. The molecule has 6 heteroatoms. The zero-order valence-corrected chi connectivity index (χ0v) is 12.2. The van der Waals surface area contributed by atoms with Gasteiger partial charge in [-0.15, -0.1) is 0 Å². The number of urea groups is 1. The number of benzene rings is 1. The summed E-state index contributed by atoms with van der Waals surface area (Å²) < 4.78 is 5.29. The zero-order chi connectivity index (χ0) is 15.5. The van der Waals surface area contributed by atoms with Crippen LogP contribution in [0.2, 0.25) is 0 Å². The van der Waals surface area contributed by atoms with Gasteiger partial charge in [-0.1, -0.05) is 6.07 Å². The largest absolute Gasteiger partial charge is 0.478 e. The van der Waals surface area contributed by atoms with Crippen molar-refractivity contribution in [2.45, 2.75) is 32.2 Å². The van der Waals surface area contributed by atoms with Crippen LogP contribution in [0.15, 0.2) is 18.2 Å². The van der Waals surface area contributed by atoms with E-state index in [0.717, 1.165) is 18.4 Å². The van der Waals surface area contributed by atoms with E-state index in [4.69, 9.17) is 9.84 Å². The smallest absolute Gasteiger partial charge is 0.335 e. The summed E-state index contributed by atoms with van der Waals surface area (Å²) in [6.45, 7) is 5.06. The number of aryl methyl sites for hydroxylation is 1. The highest BCUT2D eigenvalue weighted by Crippen LogP contribution is 2.21. The molecule has 1 saturated heterocycles. The molecule has 1 aromatic rings. The minimum absolute atomic E-state index is 0.146. The summed E-state index contributed by atoms with van der Waals surface area (Å²) in [6.07, 6.45) is 1.52. The number of ether oxygens (including phenoxy) is 1. The Balaban J connectivity index is 2.05. The second-order valence-electron chi connectivity index (χ2n) is 5.59. The number of anilines is 1. The molecule has 1 fully saturated rings. The third-order valence-electron chi connectivity index (χ3n) is 3.74. The number of rotatable bonds is 3. The number of aromatic carboxylic acids is 1. The van der Waals surface area contributed by atoms with Crippen molar-refractivity contribution >= 4 is 17.7 Å². The minimum atomic E-state index is -1.02. The average Bonchev–Trinajstić information content (AvgIpc) is 2.41. The Morgan fingerprint density at radius 2 is 1.95 bits per heavy atom. The van der Waals surface area contributed by atoms with Crippen LogP contribution in [0, 0.1) is 6.92 Å². The summed E-state index contributed by atoms with van der Waals surface area (Å²) in [5.41, 5.74) is 1.17. The quantitative estimate of drug-likeness (QED) is 0.798. The van der Waals surface area contributed by atoms with E-state index >= 15 is 0 Å². The fourth-order valence-electron chi connectivity index (χ4n) is 2.26. The van der Waals surface area contributed by atoms with E-state index < -0.39 is 5.97 Å². The van der Waals surface area contributed by atoms with Crippen LogP contribution in [-0.4, -0.2) is 35.9 Å². The van der Waals surface area contributed by atoms with Gasteiger partial charge in [0.2, 0.25) is 0 Å². The Morgan fingerprint density at radius 3 is 2.57 bits per heavy atom. The van der Waals surface area contributed by atoms with Gasteiger partial charge < -0.3 is 20.5 Å². The molecule has 21 heavy (non-hydrogen) atoms. The molecular weight excluding hydrogens is 272 g/mol. The van der Waals surface area contributed by atoms with Crippen LogP contribution >= 0.6 is 0 Å². The molecule has 0 radical (unpaired) electrons. The van der Waals surface area contributed by atoms with Gasteiger partial charge in [0.1, 0.15) is 0 Å². The van der Waals surface area contributed by atoms with Gasteiger partial charge in [-0.05, 0) is 44.4 Å². The van der Waals surface area contributed by atoms with Crippen LogP contribution in [0.1, 0.15) is 35.7 Å². The Bertz CT molecular complexity index is 551. The molecular formula is C15H20N2O4. The highest BCUT2D eigenvalue weighted by molar-refractivity contribution is 5.94. The van der Waals surface area contributed by atoms with Crippen molar-refractivity contribution in [1.82, 2.24) is 5.32 Å².